The molecule has 0 radical (unpaired) electrons. The Bertz CT molecular complexity index is 673. The molecule has 0 N–H and O–H groups in total. The zero-order valence-corrected chi connectivity index (χ0v) is 10.2. The minimum atomic E-state index is 0.569. The Morgan fingerprint density at radius 1 is 1.11 bits per heavy atom. The van der Waals surface area contributed by atoms with Crippen LogP contribution in [0.1, 0.15) is 11.1 Å². The van der Waals surface area contributed by atoms with Crippen molar-refractivity contribution >= 4 is 5.65 Å². The summed E-state index contributed by atoms with van der Waals surface area (Å²) in [4.78, 5) is 4.29. The molecule has 0 bridgehead atoms. The van der Waals surface area contributed by atoms with Crippen molar-refractivity contribution in [1.29, 1.82) is 0 Å². The number of ether oxygens (including phenoxy) is 1. The van der Waals surface area contributed by atoms with Crippen LogP contribution in [0.15, 0.2) is 55.0 Å². The number of fused-ring (bicyclic) bond motifs is 1. The summed E-state index contributed by atoms with van der Waals surface area (Å²) in [6.45, 7) is 2.66. The van der Waals surface area contributed by atoms with Crippen LogP contribution < -0.4 is 4.74 Å². The van der Waals surface area contributed by atoms with Crippen LogP contribution in [0.4, 0.5) is 0 Å². The second-order valence-corrected chi connectivity index (χ2v) is 4.25. The molecule has 0 aliphatic rings. The van der Waals surface area contributed by atoms with Crippen LogP contribution in [0.5, 0.6) is 5.75 Å². The third-order valence-electron chi connectivity index (χ3n) is 3.03. The van der Waals surface area contributed by atoms with Gasteiger partial charge in [-0.15, -0.1) is 0 Å². The molecule has 0 aliphatic heterocycles. The molecule has 0 aliphatic carbocycles. The number of hydrogen-bond acceptors (Lipinski definition) is 2. The Labute approximate surface area is 106 Å². The standard InChI is InChI=1S/C15H14N2O/c1-12-5-2-3-6-13(12)11-18-14-7-4-9-17-10-8-16-15(14)17/h2-10H,11H2,1H3. The van der Waals surface area contributed by atoms with Crippen molar-refractivity contribution in [3.8, 4) is 5.75 Å². The normalized spacial score (nSPS) is 10.7. The lowest BCUT2D eigenvalue weighted by Crippen LogP contribution is -1.99. The maximum atomic E-state index is 5.86. The van der Waals surface area contributed by atoms with Crippen LogP contribution in [-0.4, -0.2) is 9.38 Å². The smallest absolute Gasteiger partial charge is 0.179 e. The Morgan fingerprint density at radius 2 is 2.00 bits per heavy atom. The van der Waals surface area contributed by atoms with Gasteiger partial charge < -0.3 is 9.14 Å². The molecule has 3 rings (SSSR count). The molecular formula is C15H14N2O. The van der Waals surface area contributed by atoms with Crippen LogP contribution in [0.2, 0.25) is 0 Å². The van der Waals surface area contributed by atoms with Crippen molar-refractivity contribution in [1.82, 2.24) is 9.38 Å². The molecule has 2 aromatic heterocycles. The summed E-state index contributed by atoms with van der Waals surface area (Å²) < 4.78 is 7.81. The van der Waals surface area contributed by atoms with E-state index in [1.165, 1.54) is 11.1 Å². The molecule has 0 atom stereocenters. The van der Waals surface area contributed by atoms with Crippen LogP contribution in [0.3, 0.4) is 0 Å². The second-order valence-electron chi connectivity index (χ2n) is 4.25. The maximum Gasteiger partial charge on any atom is 0.179 e. The molecule has 0 unspecified atom stereocenters. The highest BCUT2D eigenvalue weighted by atomic mass is 16.5. The van der Waals surface area contributed by atoms with Gasteiger partial charge in [0.2, 0.25) is 0 Å². The van der Waals surface area contributed by atoms with E-state index in [9.17, 15) is 0 Å². The highest BCUT2D eigenvalue weighted by Gasteiger charge is 2.04. The Hall–Kier alpha value is -2.29. The lowest BCUT2D eigenvalue weighted by Gasteiger charge is -2.09. The van der Waals surface area contributed by atoms with Crippen LogP contribution >= 0.6 is 0 Å². The van der Waals surface area contributed by atoms with E-state index in [1.54, 1.807) is 6.20 Å². The lowest BCUT2D eigenvalue weighted by atomic mass is 10.1. The summed E-state index contributed by atoms with van der Waals surface area (Å²) in [5.74, 6) is 0.811. The van der Waals surface area contributed by atoms with Crippen molar-refractivity contribution in [2.75, 3.05) is 0 Å². The van der Waals surface area contributed by atoms with Crippen LogP contribution in [-0.2, 0) is 6.61 Å². The monoisotopic (exact) mass is 238 g/mol. The first-order valence-electron chi connectivity index (χ1n) is 5.93. The van der Waals surface area contributed by atoms with E-state index in [1.807, 2.05) is 41.1 Å². The second kappa shape index (κ2) is 4.53. The Kier molecular flexibility index (Phi) is 2.73. The molecule has 0 amide bonds. The van der Waals surface area contributed by atoms with Gasteiger partial charge in [-0.2, -0.15) is 0 Å². The zero-order valence-electron chi connectivity index (χ0n) is 10.2. The van der Waals surface area contributed by atoms with Gasteiger partial charge >= 0.3 is 0 Å². The van der Waals surface area contributed by atoms with E-state index in [-0.39, 0.29) is 0 Å². The predicted octanol–water partition coefficient (Wildman–Crippen LogP) is 3.22. The fourth-order valence-electron chi connectivity index (χ4n) is 1.96. The number of rotatable bonds is 3. The fourth-order valence-corrected chi connectivity index (χ4v) is 1.96. The van der Waals surface area contributed by atoms with Gasteiger partial charge in [0.1, 0.15) is 6.61 Å². The summed E-state index contributed by atoms with van der Waals surface area (Å²) in [5, 5.41) is 0. The molecule has 2 heterocycles. The minimum absolute atomic E-state index is 0.569. The summed E-state index contributed by atoms with van der Waals surface area (Å²) >= 11 is 0. The molecule has 1 aromatic carbocycles. The SMILES string of the molecule is Cc1ccccc1COc1cccn2ccnc12. The molecule has 3 nitrogen and oxygen atoms in total. The average Bonchev–Trinajstić information content (AvgIpc) is 2.86. The van der Waals surface area contributed by atoms with Gasteiger partial charge in [-0.3, -0.25) is 0 Å². The van der Waals surface area contributed by atoms with E-state index in [0.717, 1.165) is 11.4 Å². The number of aryl methyl sites for hydroxylation is 1. The molecular weight excluding hydrogens is 224 g/mol. The highest BCUT2D eigenvalue weighted by Crippen LogP contribution is 2.19. The van der Waals surface area contributed by atoms with Crippen LogP contribution in [0.25, 0.3) is 5.65 Å². The third-order valence-corrected chi connectivity index (χ3v) is 3.03. The summed E-state index contributed by atoms with van der Waals surface area (Å²) in [6, 6.07) is 12.1. The highest BCUT2D eigenvalue weighted by molar-refractivity contribution is 5.53. The quantitative estimate of drug-likeness (QED) is 0.700. The van der Waals surface area contributed by atoms with Crippen molar-refractivity contribution in [3.05, 3.63) is 66.1 Å². The van der Waals surface area contributed by atoms with Gasteiger partial charge in [-0.1, -0.05) is 24.3 Å². The van der Waals surface area contributed by atoms with Gasteiger partial charge in [0.25, 0.3) is 0 Å². The van der Waals surface area contributed by atoms with Gasteiger partial charge in [0.15, 0.2) is 11.4 Å². The van der Waals surface area contributed by atoms with Crippen molar-refractivity contribution in [3.63, 3.8) is 0 Å². The minimum Gasteiger partial charge on any atom is -0.485 e. The molecule has 3 heteroatoms. The van der Waals surface area contributed by atoms with Crippen LogP contribution in [0, 0.1) is 6.92 Å². The largest absolute Gasteiger partial charge is 0.485 e. The van der Waals surface area contributed by atoms with Gasteiger partial charge in [-0.05, 0) is 30.2 Å². The van der Waals surface area contributed by atoms with Crippen molar-refractivity contribution in [2.24, 2.45) is 0 Å². The number of benzene rings is 1. The zero-order chi connectivity index (χ0) is 12.4. The molecule has 0 saturated carbocycles. The fraction of sp³-hybridized carbons (Fsp3) is 0.133. The van der Waals surface area contributed by atoms with E-state index >= 15 is 0 Å². The topological polar surface area (TPSA) is 26.5 Å². The number of pyridine rings is 1. The van der Waals surface area contributed by atoms with E-state index < -0.39 is 0 Å². The van der Waals surface area contributed by atoms with Gasteiger partial charge in [-0.25, -0.2) is 4.98 Å². The Balaban J connectivity index is 1.85. The third kappa shape index (κ3) is 1.95. The molecule has 3 aromatic rings. The first kappa shape index (κ1) is 10.8. The lowest BCUT2D eigenvalue weighted by molar-refractivity contribution is 0.307. The molecule has 0 fully saturated rings. The van der Waals surface area contributed by atoms with E-state index in [0.29, 0.717) is 6.61 Å². The number of nitrogens with zero attached hydrogens (tertiary/aromatic N) is 2. The molecule has 0 spiro atoms. The summed E-state index contributed by atoms with van der Waals surface area (Å²) in [5.41, 5.74) is 3.30. The average molecular weight is 238 g/mol. The number of aromatic nitrogens is 2. The summed E-state index contributed by atoms with van der Waals surface area (Å²) in [7, 11) is 0. The van der Waals surface area contributed by atoms with Gasteiger partial charge in [0, 0.05) is 18.6 Å². The van der Waals surface area contributed by atoms with Gasteiger partial charge in [0.05, 0.1) is 0 Å². The van der Waals surface area contributed by atoms with Crippen molar-refractivity contribution < 1.29 is 4.74 Å². The maximum absolute atomic E-state index is 5.86. The van der Waals surface area contributed by atoms with Crippen molar-refractivity contribution in [2.45, 2.75) is 13.5 Å². The van der Waals surface area contributed by atoms with E-state index in [2.05, 4.69) is 24.0 Å². The molecule has 18 heavy (non-hydrogen) atoms. The molecule has 90 valence electrons. The first-order valence-corrected chi connectivity index (χ1v) is 5.93. The Morgan fingerprint density at radius 3 is 2.89 bits per heavy atom. The predicted molar refractivity (Wildman–Crippen MR) is 70.7 cm³/mol. The summed E-state index contributed by atoms with van der Waals surface area (Å²) in [6.07, 6.45) is 5.65. The number of imidazole rings is 1. The van der Waals surface area contributed by atoms with E-state index in [4.69, 9.17) is 4.74 Å². The first-order chi connectivity index (χ1) is 8.84. The molecule has 0 saturated heterocycles. The number of hydrogen-bond donors (Lipinski definition) is 0.